The number of amides is 1. The highest BCUT2D eigenvalue weighted by Crippen LogP contribution is 2.31. The summed E-state index contributed by atoms with van der Waals surface area (Å²) in [6, 6.07) is 6.67. The number of carboxylic acid groups (broad SMARTS) is 1. The van der Waals surface area contributed by atoms with E-state index in [1.165, 1.54) is 4.90 Å². The molecule has 1 aromatic carbocycles. The van der Waals surface area contributed by atoms with E-state index in [9.17, 15) is 14.7 Å². The van der Waals surface area contributed by atoms with Crippen molar-refractivity contribution in [3.63, 3.8) is 0 Å². The molecule has 2 unspecified atom stereocenters. The average molecular weight is 289 g/mol. The molecular weight excluding hydrogens is 266 g/mol. The topological polar surface area (TPSA) is 57.6 Å². The number of rotatable bonds is 4. The summed E-state index contributed by atoms with van der Waals surface area (Å²) in [6.45, 7) is 6.68. The fourth-order valence-electron chi connectivity index (χ4n) is 2.73. The first kappa shape index (κ1) is 15.5. The van der Waals surface area contributed by atoms with Crippen LogP contribution in [-0.2, 0) is 16.0 Å². The summed E-state index contributed by atoms with van der Waals surface area (Å²) < 4.78 is 0. The summed E-state index contributed by atoms with van der Waals surface area (Å²) in [6.07, 6.45) is 1.13. The Morgan fingerprint density at radius 3 is 2.57 bits per heavy atom. The number of nitrogens with zero attached hydrogens (tertiary/aromatic N) is 1. The summed E-state index contributed by atoms with van der Waals surface area (Å²) in [5, 5.41) is 9.55. The molecule has 2 rings (SSSR count). The van der Waals surface area contributed by atoms with E-state index in [2.05, 4.69) is 13.8 Å². The zero-order valence-electron chi connectivity index (χ0n) is 12.9. The molecule has 114 valence electrons. The maximum absolute atomic E-state index is 12.5. The number of aliphatic carboxylic acids is 1. The van der Waals surface area contributed by atoms with Crippen LogP contribution in [0.5, 0.6) is 0 Å². The summed E-state index contributed by atoms with van der Waals surface area (Å²) in [5.74, 6) is -0.343. The first-order chi connectivity index (χ1) is 9.91. The summed E-state index contributed by atoms with van der Waals surface area (Å²) in [7, 11) is 0. The average Bonchev–Trinajstić information content (AvgIpc) is 2.45. The highest BCUT2D eigenvalue weighted by molar-refractivity contribution is 5.85. The molecule has 0 saturated carbocycles. The minimum absolute atomic E-state index is 0.0573. The van der Waals surface area contributed by atoms with Crippen LogP contribution < -0.4 is 0 Å². The Morgan fingerprint density at radius 2 is 1.95 bits per heavy atom. The van der Waals surface area contributed by atoms with Crippen LogP contribution in [0.3, 0.4) is 0 Å². The van der Waals surface area contributed by atoms with Crippen LogP contribution in [0.15, 0.2) is 24.3 Å². The van der Waals surface area contributed by atoms with Gasteiger partial charge >= 0.3 is 5.97 Å². The lowest BCUT2D eigenvalue weighted by molar-refractivity contribution is -0.151. The van der Waals surface area contributed by atoms with Crippen LogP contribution in [-0.4, -0.2) is 28.4 Å². The quantitative estimate of drug-likeness (QED) is 0.927. The van der Waals surface area contributed by atoms with Crippen molar-refractivity contribution < 1.29 is 14.7 Å². The van der Waals surface area contributed by atoms with Gasteiger partial charge in [0, 0.05) is 13.0 Å². The molecule has 2 atom stereocenters. The SMILES string of the molecule is CC(C)C(C)CC(=O)N1CCc2ccccc2C1C(=O)O. The first-order valence-corrected chi connectivity index (χ1v) is 7.52. The molecule has 1 N–H and O–H groups in total. The smallest absolute Gasteiger partial charge is 0.331 e. The number of hydrogen-bond acceptors (Lipinski definition) is 2. The van der Waals surface area contributed by atoms with E-state index >= 15 is 0 Å². The van der Waals surface area contributed by atoms with E-state index in [0.29, 0.717) is 18.9 Å². The predicted octanol–water partition coefficient (Wildman–Crippen LogP) is 2.88. The van der Waals surface area contributed by atoms with Gasteiger partial charge in [-0.3, -0.25) is 4.79 Å². The molecule has 1 aliphatic rings. The fraction of sp³-hybridized carbons (Fsp3) is 0.529. The second-order valence-corrected chi connectivity index (χ2v) is 6.20. The summed E-state index contributed by atoms with van der Waals surface area (Å²) in [5.41, 5.74) is 1.78. The molecule has 1 heterocycles. The number of fused-ring (bicyclic) bond motifs is 1. The Hall–Kier alpha value is -1.84. The van der Waals surface area contributed by atoms with Crippen LogP contribution in [0.25, 0.3) is 0 Å². The van der Waals surface area contributed by atoms with Crippen molar-refractivity contribution in [3.05, 3.63) is 35.4 Å². The molecule has 0 radical (unpaired) electrons. The third kappa shape index (κ3) is 3.26. The number of carbonyl (C=O) groups excluding carboxylic acids is 1. The molecule has 4 heteroatoms. The summed E-state index contributed by atoms with van der Waals surface area (Å²) in [4.78, 5) is 25.7. The zero-order chi connectivity index (χ0) is 15.6. The van der Waals surface area contributed by atoms with E-state index in [0.717, 1.165) is 17.5 Å². The van der Waals surface area contributed by atoms with Crippen LogP contribution in [0.1, 0.15) is 44.4 Å². The molecular formula is C17H23NO3. The van der Waals surface area contributed by atoms with Gasteiger partial charge in [0.15, 0.2) is 6.04 Å². The van der Waals surface area contributed by atoms with Gasteiger partial charge in [-0.2, -0.15) is 0 Å². The molecule has 4 nitrogen and oxygen atoms in total. The number of hydrogen-bond donors (Lipinski definition) is 1. The highest BCUT2D eigenvalue weighted by atomic mass is 16.4. The molecule has 21 heavy (non-hydrogen) atoms. The molecule has 0 bridgehead atoms. The fourth-order valence-corrected chi connectivity index (χ4v) is 2.73. The summed E-state index contributed by atoms with van der Waals surface area (Å²) >= 11 is 0. The maximum atomic E-state index is 12.5. The van der Waals surface area contributed by atoms with E-state index in [1.54, 1.807) is 0 Å². The molecule has 0 saturated heterocycles. The zero-order valence-corrected chi connectivity index (χ0v) is 12.9. The van der Waals surface area contributed by atoms with Crippen molar-refractivity contribution in [1.29, 1.82) is 0 Å². The lowest BCUT2D eigenvalue weighted by atomic mass is 9.90. The molecule has 0 spiro atoms. The van der Waals surface area contributed by atoms with E-state index in [-0.39, 0.29) is 11.8 Å². The van der Waals surface area contributed by atoms with Gasteiger partial charge in [-0.1, -0.05) is 45.0 Å². The van der Waals surface area contributed by atoms with Crippen LogP contribution in [0.4, 0.5) is 0 Å². The maximum Gasteiger partial charge on any atom is 0.331 e. The third-order valence-electron chi connectivity index (χ3n) is 4.47. The Kier molecular flexibility index (Phi) is 4.66. The predicted molar refractivity (Wildman–Crippen MR) is 80.9 cm³/mol. The van der Waals surface area contributed by atoms with Gasteiger partial charge < -0.3 is 10.0 Å². The third-order valence-corrected chi connectivity index (χ3v) is 4.47. The Morgan fingerprint density at radius 1 is 1.29 bits per heavy atom. The van der Waals surface area contributed by atoms with Gasteiger partial charge in [-0.25, -0.2) is 4.79 Å². The normalized spacial score (nSPS) is 19.2. The second-order valence-electron chi connectivity index (χ2n) is 6.20. The van der Waals surface area contributed by atoms with E-state index < -0.39 is 12.0 Å². The van der Waals surface area contributed by atoms with Gasteiger partial charge in [0.25, 0.3) is 0 Å². The van der Waals surface area contributed by atoms with Gasteiger partial charge in [-0.15, -0.1) is 0 Å². The molecule has 1 aromatic rings. The minimum atomic E-state index is -0.951. The molecule has 1 aliphatic heterocycles. The first-order valence-electron chi connectivity index (χ1n) is 7.52. The van der Waals surface area contributed by atoms with Gasteiger partial charge in [0.05, 0.1) is 0 Å². The lowest BCUT2D eigenvalue weighted by Crippen LogP contribution is -2.44. The molecule has 0 fully saturated rings. The Labute approximate surface area is 125 Å². The standard InChI is InChI=1S/C17H23NO3/c1-11(2)12(3)10-15(19)18-9-8-13-6-4-5-7-14(13)16(18)17(20)21/h4-7,11-12,16H,8-10H2,1-3H3,(H,20,21). The Bertz CT molecular complexity index is 539. The van der Waals surface area contributed by atoms with Crippen LogP contribution >= 0.6 is 0 Å². The van der Waals surface area contributed by atoms with Gasteiger partial charge in [0.2, 0.25) is 5.91 Å². The van der Waals surface area contributed by atoms with Crippen molar-refractivity contribution in [2.24, 2.45) is 11.8 Å². The number of carbonyl (C=O) groups is 2. The number of benzene rings is 1. The van der Waals surface area contributed by atoms with Crippen molar-refractivity contribution in [3.8, 4) is 0 Å². The van der Waals surface area contributed by atoms with Crippen molar-refractivity contribution in [1.82, 2.24) is 4.90 Å². The monoisotopic (exact) mass is 289 g/mol. The van der Waals surface area contributed by atoms with Gasteiger partial charge in [0.1, 0.15) is 0 Å². The lowest BCUT2D eigenvalue weighted by Gasteiger charge is -2.35. The number of carboxylic acids is 1. The van der Waals surface area contributed by atoms with Crippen molar-refractivity contribution in [2.45, 2.75) is 39.7 Å². The van der Waals surface area contributed by atoms with Gasteiger partial charge in [-0.05, 0) is 29.4 Å². The van der Waals surface area contributed by atoms with Crippen molar-refractivity contribution >= 4 is 11.9 Å². The Balaban J connectivity index is 2.24. The van der Waals surface area contributed by atoms with Crippen LogP contribution in [0, 0.1) is 11.8 Å². The molecule has 0 aliphatic carbocycles. The second kappa shape index (κ2) is 6.29. The molecule has 1 amide bonds. The van der Waals surface area contributed by atoms with Crippen molar-refractivity contribution in [2.75, 3.05) is 6.54 Å². The van der Waals surface area contributed by atoms with Crippen LogP contribution in [0.2, 0.25) is 0 Å². The highest BCUT2D eigenvalue weighted by Gasteiger charge is 2.35. The largest absolute Gasteiger partial charge is 0.479 e. The minimum Gasteiger partial charge on any atom is -0.479 e. The van der Waals surface area contributed by atoms with E-state index in [4.69, 9.17) is 0 Å². The molecule has 0 aromatic heterocycles. The van der Waals surface area contributed by atoms with E-state index in [1.807, 2.05) is 31.2 Å².